The highest BCUT2D eigenvalue weighted by atomic mass is 19.4. The van der Waals surface area contributed by atoms with E-state index < -0.39 is 98.7 Å². The van der Waals surface area contributed by atoms with Crippen LogP contribution in [0.25, 0.3) is 5.76 Å². The number of aliphatic hydroxyl groups is 4. The molecule has 1 aliphatic heterocycles. The lowest BCUT2D eigenvalue weighted by Crippen LogP contribution is -2.65. The Morgan fingerprint density at radius 1 is 1.21 bits per heavy atom. The Bertz CT molecular complexity index is 1470. The van der Waals surface area contributed by atoms with E-state index in [-0.39, 0.29) is 31.2 Å². The van der Waals surface area contributed by atoms with Gasteiger partial charge < -0.3 is 31.3 Å². The molecule has 1 heterocycles. The van der Waals surface area contributed by atoms with E-state index in [2.05, 4.69) is 0 Å². The van der Waals surface area contributed by atoms with Gasteiger partial charge in [-0.05, 0) is 75.9 Å². The third kappa shape index (κ3) is 4.62. The van der Waals surface area contributed by atoms with Gasteiger partial charge >= 0.3 is 6.18 Å². The van der Waals surface area contributed by atoms with Gasteiger partial charge in [-0.15, -0.1) is 0 Å². The summed E-state index contributed by atoms with van der Waals surface area (Å²) in [6.07, 6.45) is -3.89. The van der Waals surface area contributed by atoms with Gasteiger partial charge in [-0.1, -0.05) is 0 Å². The summed E-state index contributed by atoms with van der Waals surface area (Å²) in [5.41, 5.74) is -1.41. The molecule has 0 aromatic heterocycles. The number of ketones is 2. The molecule has 3 aliphatic carbocycles. The SMILES string of the molecule is CN(C)[C@@H]1C(=O)C(C(N)=O)=C(O)[C@@]2(O)C(=O)C3=C(O)c4c(O)cc(CN5CCC[C@@H]5CCO)c(C(F)(F)F)c4C[C@H]3C[C@@H]12. The standard InChI is InChI=1S/C29H34F3N3O8/c1-34(2)22-16-9-12-8-15-19(23(38)18(12)25(40)28(16,43)26(41)20(24(22)39)27(33)42)17(37)10-13(21(15)29(30,31)32)11-35-6-3-4-14(35)5-7-36/h10,12,14,16,22,36-38,41,43H,3-9,11H2,1-2H3,(H2,33,42)/t12-,14+,16-,22-,28-/m0/s1. The molecule has 0 unspecified atom stereocenters. The molecular weight excluding hydrogens is 575 g/mol. The maximum absolute atomic E-state index is 14.8. The maximum atomic E-state index is 14.8. The van der Waals surface area contributed by atoms with Gasteiger partial charge in [0.05, 0.1) is 17.2 Å². The first-order valence-corrected chi connectivity index (χ1v) is 14.0. The number of fused-ring (bicyclic) bond motifs is 3. The number of aliphatic hydroxyl groups excluding tert-OH is 3. The molecule has 0 spiro atoms. The lowest BCUT2D eigenvalue weighted by atomic mass is 9.57. The third-order valence-electron chi connectivity index (χ3n) is 9.42. The van der Waals surface area contributed by atoms with Crippen molar-refractivity contribution >= 4 is 23.2 Å². The number of likely N-dealkylation sites (tertiary alicyclic amines) is 1. The number of aromatic hydroxyl groups is 1. The summed E-state index contributed by atoms with van der Waals surface area (Å²) >= 11 is 0. The average Bonchev–Trinajstić information content (AvgIpc) is 3.31. The normalized spacial score (nSPS) is 29.7. The van der Waals surface area contributed by atoms with E-state index in [1.165, 1.54) is 19.0 Å². The number of alkyl halides is 3. The number of hydrogen-bond acceptors (Lipinski definition) is 10. The fourth-order valence-corrected chi connectivity index (χ4v) is 7.66. The second kappa shape index (κ2) is 10.6. The largest absolute Gasteiger partial charge is 0.508 e. The van der Waals surface area contributed by atoms with Crippen LogP contribution in [0.4, 0.5) is 13.2 Å². The zero-order chi connectivity index (χ0) is 31.8. The van der Waals surface area contributed by atoms with Gasteiger partial charge in [-0.2, -0.15) is 13.2 Å². The molecule has 4 aliphatic rings. The molecular formula is C29H34F3N3O8. The Labute approximate surface area is 244 Å². The van der Waals surface area contributed by atoms with Gasteiger partial charge in [0.2, 0.25) is 5.78 Å². The highest BCUT2D eigenvalue weighted by molar-refractivity contribution is 6.24. The minimum absolute atomic E-state index is 0.129. The minimum Gasteiger partial charge on any atom is -0.508 e. The van der Waals surface area contributed by atoms with Gasteiger partial charge in [-0.3, -0.25) is 24.2 Å². The fourth-order valence-electron chi connectivity index (χ4n) is 7.66. The first-order valence-electron chi connectivity index (χ1n) is 14.0. The monoisotopic (exact) mass is 609 g/mol. The molecule has 0 radical (unpaired) electrons. The van der Waals surface area contributed by atoms with E-state index >= 15 is 0 Å². The number of Topliss-reactive ketones (excluding diaryl/α,β-unsaturated/α-hetero) is 2. The number of phenols is 1. The number of hydrogen-bond donors (Lipinski definition) is 6. The second-order valence-corrected chi connectivity index (χ2v) is 12.0. The molecule has 5 atom stereocenters. The maximum Gasteiger partial charge on any atom is 0.417 e. The molecule has 1 aromatic carbocycles. The molecule has 11 nitrogen and oxygen atoms in total. The fraction of sp³-hybridized carbons (Fsp3) is 0.552. The van der Waals surface area contributed by atoms with Crippen LogP contribution >= 0.6 is 0 Å². The highest BCUT2D eigenvalue weighted by Crippen LogP contribution is 2.54. The van der Waals surface area contributed by atoms with Gasteiger partial charge in [-0.25, -0.2) is 0 Å². The number of benzene rings is 1. The van der Waals surface area contributed by atoms with Crippen LogP contribution in [-0.2, 0) is 33.5 Å². The van der Waals surface area contributed by atoms with E-state index in [0.717, 1.165) is 12.5 Å². The summed E-state index contributed by atoms with van der Waals surface area (Å²) in [7, 11) is 2.86. The van der Waals surface area contributed by atoms with E-state index in [0.29, 0.717) is 19.4 Å². The average molecular weight is 610 g/mol. The first-order chi connectivity index (χ1) is 20.0. The topological polar surface area (TPSA) is 185 Å². The zero-order valence-corrected chi connectivity index (χ0v) is 23.6. The lowest BCUT2D eigenvalue weighted by molar-refractivity contribution is -0.153. The highest BCUT2D eigenvalue weighted by Gasteiger charge is 2.64. The zero-order valence-electron chi connectivity index (χ0n) is 23.6. The molecule has 1 aromatic rings. The van der Waals surface area contributed by atoms with Crippen LogP contribution in [0.1, 0.15) is 47.9 Å². The van der Waals surface area contributed by atoms with Crippen molar-refractivity contribution in [2.24, 2.45) is 17.6 Å². The van der Waals surface area contributed by atoms with Crippen LogP contribution in [0, 0.1) is 11.8 Å². The second-order valence-electron chi connectivity index (χ2n) is 12.0. The molecule has 7 N–H and O–H groups in total. The van der Waals surface area contributed by atoms with Crippen LogP contribution in [-0.4, -0.2) is 97.7 Å². The van der Waals surface area contributed by atoms with Crippen LogP contribution in [0.15, 0.2) is 23.0 Å². The van der Waals surface area contributed by atoms with E-state index in [4.69, 9.17) is 5.73 Å². The molecule has 1 saturated carbocycles. The van der Waals surface area contributed by atoms with Crippen molar-refractivity contribution in [2.45, 2.75) is 62.5 Å². The Kier molecular flexibility index (Phi) is 7.65. The molecule has 0 bridgehead atoms. The molecule has 1 saturated heterocycles. The molecule has 234 valence electrons. The number of amides is 1. The number of halogens is 3. The molecule has 5 rings (SSSR count). The number of rotatable bonds is 6. The van der Waals surface area contributed by atoms with Gasteiger partial charge in [0.25, 0.3) is 5.91 Å². The van der Waals surface area contributed by atoms with Gasteiger partial charge in [0, 0.05) is 30.7 Å². The Morgan fingerprint density at radius 2 is 1.88 bits per heavy atom. The van der Waals surface area contributed by atoms with E-state index in [1.807, 2.05) is 4.90 Å². The molecule has 1 amide bonds. The number of carbonyl (C=O) groups excluding carboxylic acids is 3. The Hall–Kier alpha value is -3.46. The summed E-state index contributed by atoms with van der Waals surface area (Å²) in [5, 5.41) is 54.2. The summed E-state index contributed by atoms with van der Waals surface area (Å²) in [6, 6.07) is -0.588. The number of carbonyl (C=O) groups is 3. The molecule has 14 heteroatoms. The summed E-state index contributed by atoms with van der Waals surface area (Å²) in [5.74, 6) is -9.13. The van der Waals surface area contributed by atoms with Crippen molar-refractivity contribution in [1.29, 1.82) is 0 Å². The number of primary amides is 1. The quantitative estimate of drug-likeness (QED) is 0.257. The van der Waals surface area contributed by atoms with Crippen LogP contribution in [0.2, 0.25) is 0 Å². The van der Waals surface area contributed by atoms with Crippen molar-refractivity contribution in [2.75, 3.05) is 27.2 Å². The van der Waals surface area contributed by atoms with Crippen molar-refractivity contribution in [3.63, 3.8) is 0 Å². The lowest BCUT2D eigenvalue weighted by Gasteiger charge is -2.50. The molecule has 2 fully saturated rings. The minimum atomic E-state index is -4.92. The molecule has 43 heavy (non-hydrogen) atoms. The van der Waals surface area contributed by atoms with Crippen molar-refractivity contribution in [3.8, 4) is 5.75 Å². The Morgan fingerprint density at radius 3 is 2.47 bits per heavy atom. The summed E-state index contributed by atoms with van der Waals surface area (Å²) in [6.45, 7) is 0.196. The Balaban J connectivity index is 1.69. The van der Waals surface area contributed by atoms with Crippen LogP contribution in [0.5, 0.6) is 5.75 Å². The van der Waals surface area contributed by atoms with Crippen LogP contribution in [0.3, 0.4) is 0 Å². The van der Waals surface area contributed by atoms with Crippen molar-refractivity contribution in [1.82, 2.24) is 9.80 Å². The number of phenolic OH excluding ortho intramolecular Hbond substituents is 1. The van der Waals surface area contributed by atoms with E-state index in [9.17, 15) is 53.1 Å². The predicted molar refractivity (Wildman–Crippen MR) is 144 cm³/mol. The van der Waals surface area contributed by atoms with Crippen LogP contribution < -0.4 is 5.73 Å². The van der Waals surface area contributed by atoms with Crippen molar-refractivity contribution in [3.05, 3.63) is 45.2 Å². The third-order valence-corrected chi connectivity index (χ3v) is 9.42. The number of nitrogens with two attached hydrogens (primary N) is 1. The summed E-state index contributed by atoms with van der Waals surface area (Å²) in [4.78, 5) is 42.3. The van der Waals surface area contributed by atoms with Gasteiger partial charge in [0.1, 0.15) is 22.8 Å². The summed E-state index contributed by atoms with van der Waals surface area (Å²) < 4.78 is 44.3. The van der Waals surface area contributed by atoms with E-state index in [1.54, 1.807) is 0 Å². The first kappa shape index (κ1) is 31.0. The van der Waals surface area contributed by atoms with Crippen molar-refractivity contribution < 1.29 is 53.1 Å². The smallest absolute Gasteiger partial charge is 0.417 e. The van der Waals surface area contributed by atoms with Gasteiger partial charge in [0.15, 0.2) is 11.4 Å². The number of nitrogens with zero attached hydrogens (tertiary/aromatic N) is 2. The predicted octanol–water partition coefficient (Wildman–Crippen LogP) is 1.33. The number of likely N-dealkylation sites (N-methyl/N-ethyl adjacent to an activating group) is 1.